The molecule has 2 aromatic carbocycles. The fourth-order valence-electron chi connectivity index (χ4n) is 2.14. The van der Waals surface area contributed by atoms with E-state index in [4.69, 9.17) is 9.66 Å². The number of aliphatic hydroxyl groups excluding tert-OH is 1. The Morgan fingerprint density at radius 3 is 2.03 bits per heavy atom. The summed E-state index contributed by atoms with van der Waals surface area (Å²) in [4.78, 5) is 20.7. The molecule has 0 spiro atoms. The first-order valence-electron chi connectivity index (χ1n) is 8.33. The minimum absolute atomic E-state index is 0.0240. The molecule has 0 aromatic heterocycles. The summed E-state index contributed by atoms with van der Waals surface area (Å²) in [6.45, 7) is 3.43. The van der Waals surface area contributed by atoms with Crippen molar-refractivity contribution in [2.75, 3.05) is 0 Å². The highest BCUT2D eigenvalue weighted by molar-refractivity contribution is 7.85. The van der Waals surface area contributed by atoms with Crippen molar-refractivity contribution in [2.24, 2.45) is 0 Å². The molecule has 0 amide bonds. The van der Waals surface area contributed by atoms with Crippen molar-refractivity contribution in [1.29, 1.82) is 0 Å². The number of aliphatic carboxylic acids is 1. The molecule has 0 fully saturated rings. The highest BCUT2D eigenvalue weighted by Gasteiger charge is 2.22. The van der Waals surface area contributed by atoms with Crippen LogP contribution in [-0.4, -0.2) is 46.2 Å². The van der Waals surface area contributed by atoms with Crippen molar-refractivity contribution in [2.45, 2.75) is 37.4 Å². The second-order valence-corrected chi connectivity index (χ2v) is 7.57. The fourth-order valence-corrected chi connectivity index (χ4v) is 2.62. The van der Waals surface area contributed by atoms with Gasteiger partial charge in [-0.2, -0.15) is 8.42 Å². The minimum atomic E-state index is -4.02. The molecule has 0 radical (unpaired) electrons. The lowest BCUT2D eigenvalue weighted by molar-refractivity contribution is -0.384. The second kappa shape index (κ2) is 10.6. The first-order chi connectivity index (χ1) is 13.4. The van der Waals surface area contributed by atoms with Gasteiger partial charge >= 0.3 is 5.97 Å². The number of aliphatic hydroxyl groups is 1. The summed E-state index contributed by atoms with van der Waals surface area (Å²) in [5.41, 5.74) is 1.63. The number of rotatable bonds is 7. The molecule has 2 atom stereocenters. The van der Waals surface area contributed by atoms with Crippen LogP contribution in [0.2, 0.25) is 0 Å². The van der Waals surface area contributed by atoms with E-state index in [9.17, 15) is 28.4 Å². The van der Waals surface area contributed by atoms with Gasteiger partial charge in [0.1, 0.15) is 6.04 Å². The van der Waals surface area contributed by atoms with Gasteiger partial charge in [-0.1, -0.05) is 29.8 Å². The van der Waals surface area contributed by atoms with Crippen LogP contribution in [0.15, 0.2) is 53.4 Å². The van der Waals surface area contributed by atoms with Gasteiger partial charge in [0.2, 0.25) is 0 Å². The van der Waals surface area contributed by atoms with Gasteiger partial charge in [-0.3, -0.25) is 24.8 Å². The molecule has 0 bridgehead atoms. The summed E-state index contributed by atoms with van der Waals surface area (Å²) in [5, 5.41) is 31.2. The molecule has 4 N–H and O–H groups in total. The third-order valence-corrected chi connectivity index (χ3v) is 4.61. The van der Waals surface area contributed by atoms with Crippen LogP contribution in [0.4, 0.5) is 5.69 Å². The van der Waals surface area contributed by atoms with E-state index in [0.29, 0.717) is 5.56 Å². The maximum Gasteiger partial charge on any atom is 0.323 e. The Bertz CT molecular complexity index is 925. The molecular formula is C18H22N2O8S. The molecule has 0 heterocycles. The third-order valence-electron chi connectivity index (χ3n) is 3.74. The second-order valence-electron chi connectivity index (χ2n) is 6.15. The highest BCUT2D eigenvalue weighted by Crippen LogP contribution is 2.12. The van der Waals surface area contributed by atoms with Crippen LogP contribution in [0, 0.1) is 17.0 Å². The fraction of sp³-hybridized carbons (Fsp3) is 0.278. The van der Waals surface area contributed by atoms with Crippen LogP contribution in [-0.2, 0) is 21.5 Å². The molecule has 0 saturated heterocycles. The highest BCUT2D eigenvalue weighted by atomic mass is 32.2. The quantitative estimate of drug-likeness (QED) is 0.293. The van der Waals surface area contributed by atoms with Crippen LogP contribution in [0.3, 0.4) is 0 Å². The van der Waals surface area contributed by atoms with E-state index in [1.54, 1.807) is 12.1 Å². The maximum absolute atomic E-state index is 10.8. The summed E-state index contributed by atoms with van der Waals surface area (Å²) in [7, 11) is -4.02. The Labute approximate surface area is 167 Å². The largest absolute Gasteiger partial charge is 0.480 e. The minimum Gasteiger partial charge on any atom is -0.480 e. The van der Waals surface area contributed by atoms with Gasteiger partial charge in [-0.15, -0.1) is 0 Å². The van der Waals surface area contributed by atoms with Crippen molar-refractivity contribution in [1.82, 2.24) is 5.32 Å². The van der Waals surface area contributed by atoms with Crippen molar-refractivity contribution in [3.05, 3.63) is 69.8 Å². The van der Waals surface area contributed by atoms with Crippen molar-refractivity contribution in [3.8, 4) is 0 Å². The Morgan fingerprint density at radius 2 is 1.66 bits per heavy atom. The van der Waals surface area contributed by atoms with Crippen LogP contribution in [0.5, 0.6) is 0 Å². The van der Waals surface area contributed by atoms with E-state index >= 15 is 0 Å². The lowest BCUT2D eigenvalue weighted by Crippen LogP contribution is -2.44. The predicted octanol–water partition coefficient (Wildman–Crippen LogP) is 1.76. The number of aryl methyl sites for hydroxylation is 1. The summed E-state index contributed by atoms with van der Waals surface area (Å²) >= 11 is 0. The molecule has 158 valence electrons. The van der Waals surface area contributed by atoms with Crippen molar-refractivity contribution in [3.63, 3.8) is 0 Å². The number of carboxylic acid groups (broad SMARTS) is 1. The lowest BCUT2D eigenvalue weighted by atomic mass is 10.1. The first kappa shape index (κ1) is 24.2. The van der Waals surface area contributed by atoms with E-state index in [-0.39, 0.29) is 17.1 Å². The number of hydrogen-bond acceptors (Lipinski definition) is 7. The number of nitro benzene ring substituents is 1. The molecule has 0 saturated carbocycles. The van der Waals surface area contributed by atoms with E-state index < -0.39 is 33.2 Å². The number of carbonyl (C=O) groups is 1. The Morgan fingerprint density at radius 1 is 1.14 bits per heavy atom. The number of carboxylic acids is 1. The Hall–Kier alpha value is -2.86. The van der Waals surface area contributed by atoms with E-state index in [1.165, 1.54) is 43.3 Å². The van der Waals surface area contributed by atoms with E-state index in [2.05, 4.69) is 5.32 Å². The zero-order valence-corrected chi connectivity index (χ0v) is 16.5. The molecule has 2 rings (SSSR count). The number of benzene rings is 2. The molecule has 1 unspecified atom stereocenters. The summed E-state index contributed by atoms with van der Waals surface area (Å²) < 4.78 is 29.6. The maximum atomic E-state index is 10.8. The van der Waals surface area contributed by atoms with Gasteiger partial charge in [-0.25, -0.2) is 0 Å². The molecule has 10 nitrogen and oxygen atoms in total. The number of nitro groups is 1. The standard InChI is InChI=1S/C11H14N2O5.C7H8O3S/c1-7(14)10(11(15)16)12-6-8-2-4-9(5-3-8)13(17)18;1-6-2-4-7(5-3-6)11(8,9)10/h2-5,7,10,12,14H,6H2,1H3,(H,15,16);2-5H,1H3,(H,8,9,10)/t7?,10-;/m1./s1. The zero-order chi connectivity index (χ0) is 22.2. The molecule has 0 aliphatic heterocycles. The van der Waals surface area contributed by atoms with Crippen LogP contribution in [0.1, 0.15) is 18.1 Å². The number of hydrogen-bond donors (Lipinski definition) is 4. The van der Waals surface area contributed by atoms with Crippen LogP contribution in [0.25, 0.3) is 0 Å². The normalized spacial score (nSPS) is 13.0. The average Bonchev–Trinajstić information content (AvgIpc) is 2.62. The average molecular weight is 426 g/mol. The van der Waals surface area contributed by atoms with Gasteiger partial charge in [0.25, 0.3) is 15.8 Å². The smallest absolute Gasteiger partial charge is 0.323 e. The molecule has 0 aliphatic carbocycles. The summed E-state index contributed by atoms with van der Waals surface area (Å²) in [6, 6.07) is 10.7. The summed E-state index contributed by atoms with van der Waals surface area (Å²) in [6.07, 6.45) is -1.03. The first-order valence-corrected chi connectivity index (χ1v) is 9.77. The van der Waals surface area contributed by atoms with Crippen LogP contribution >= 0.6 is 0 Å². The van der Waals surface area contributed by atoms with E-state index in [0.717, 1.165) is 5.56 Å². The molecule has 29 heavy (non-hydrogen) atoms. The summed E-state index contributed by atoms with van der Waals surface area (Å²) in [5.74, 6) is -1.15. The Balaban J connectivity index is 0.000000326. The molecular weight excluding hydrogens is 404 g/mol. The SMILES string of the molecule is CC(O)[C@@H](NCc1ccc([N+](=O)[O-])cc1)C(=O)O.Cc1ccc(S(=O)(=O)O)cc1. The van der Waals surface area contributed by atoms with Crippen molar-refractivity contribution >= 4 is 21.8 Å². The molecule has 0 aliphatic rings. The van der Waals surface area contributed by atoms with Gasteiger partial charge in [0, 0.05) is 18.7 Å². The lowest BCUT2D eigenvalue weighted by Gasteiger charge is -2.16. The monoisotopic (exact) mass is 426 g/mol. The number of nitrogens with zero attached hydrogens (tertiary/aromatic N) is 1. The van der Waals surface area contributed by atoms with Gasteiger partial charge in [0.15, 0.2) is 0 Å². The zero-order valence-electron chi connectivity index (χ0n) is 15.7. The molecule has 11 heteroatoms. The predicted molar refractivity (Wildman–Crippen MR) is 104 cm³/mol. The number of nitrogens with one attached hydrogen (secondary N) is 1. The van der Waals surface area contributed by atoms with E-state index in [1.807, 2.05) is 6.92 Å². The number of non-ortho nitro benzene ring substituents is 1. The van der Waals surface area contributed by atoms with Gasteiger partial charge in [-0.05, 0) is 31.5 Å². The van der Waals surface area contributed by atoms with Crippen LogP contribution < -0.4 is 5.32 Å². The van der Waals surface area contributed by atoms with Crippen molar-refractivity contribution < 1.29 is 32.9 Å². The Kier molecular flexibility index (Phi) is 8.85. The molecule has 2 aromatic rings. The topological polar surface area (TPSA) is 167 Å². The third kappa shape index (κ3) is 8.35. The van der Waals surface area contributed by atoms with Gasteiger partial charge in [0.05, 0.1) is 15.9 Å². The van der Waals surface area contributed by atoms with Gasteiger partial charge < -0.3 is 10.2 Å².